The third-order valence-corrected chi connectivity index (χ3v) is 2.15. The van der Waals surface area contributed by atoms with Gasteiger partial charge in [0.25, 0.3) is 5.19 Å². The van der Waals surface area contributed by atoms with E-state index in [1.165, 1.54) is 11.3 Å². The van der Waals surface area contributed by atoms with E-state index in [0.717, 1.165) is 11.6 Å². The Bertz CT molecular complexity index is 249. The van der Waals surface area contributed by atoms with Crippen LogP contribution in [-0.2, 0) is 6.54 Å². The Hall–Kier alpha value is -0.680. The van der Waals surface area contributed by atoms with E-state index in [2.05, 4.69) is 29.4 Å². The maximum Gasteiger partial charge on any atom is 0.294 e. The molecule has 0 atom stereocenters. The smallest absolute Gasteiger partial charge is 0.294 e. The fourth-order valence-corrected chi connectivity index (χ4v) is 1.47. The Labute approximate surface area is 82.3 Å². The zero-order chi connectivity index (χ0) is 9.68. The summed E-state index contributed by atoms with van der Waals surface area (Å²) in [5, 5.41) is 12.5. The molecule has 0 aliphatic rings. The molecule has 0 spiro atoms. The minimum absolute atomic E-state index is 0.525. The van der Waals surface area contributed by atoms with Gasteiger partial charge in [-0.25, -0.2) is 0 Å². The number of rotatable bonds is 5. The van der Waals surface area contributed by atoms with Crippen LogP contribution in [-0.4, -0.2) is 23.9 Å². The summed E-state index contributed by atoms with van der Waals surface area (Å²) < 4.78 is 5.41. The van der Waals surface area contributed by atoms with Gasteiger partial charge in [0, 0.05) is 6.54 Å². The van der Waals surface area contributed by atoms with Crippen LogP contribution in [0.4, 0.5) is 0 Å². The quantitative estimate of drug-likeness (QED) is 0.780. The van der Waals surface area contributed by atoms with E-state index in [1.54, 1.807) is 0 Å². The van der Waals surface area contributed by atoms with E-state index in [-0.39, 0.29) is 0 Å². The monoisotopic (exact) mass is 201 g/mol. The molecule has 4 nitrogen and oxygen atoms in total. The van der Waals surface area contributed by atoms with E-state index in [9.17, 15) is 0 Å². The van der Waals surface area contributed by atoms with E-state index in [0.29, 0.717) is 17.7 Å². The van der Waals surface area contributed by atoms with Crippen LogP contribution in [0.5, 0.6) is 5.19 Å². The third kappa shape index (κ3) is 3.69. The fraction of sp³-hybridized carbons (Fsp3) is 0.750. The lowest BCUT2D eigenvalue weighted by Gasteiger charge is -2.02. The standard InChI is InChI=1S/C8H15N3OS/c1-6(2)5-12-8-11-10-7(13-8)4-9-3/h6,9H,4-5H2,1-3H3. The summed E-state index contributed by atoms with van der Waals surface area (Å²) in [6.07, 6.45) is 0. The van der Waals surface area contributed by atoms with E-state index in [1.807, 2.05) is 7.05 Å². The number of nitrogens with one attached hydrogen (secondary N) is 1. The number of hydrogen-bond donors (Lipinski definition) is 1. The maximum atomic E-state index is 5.41. The predicted molar refractivity (Wildman–Crippen MR) is 53.0 cm³/mol. The molecule has 0 unspecified atom stereocenters. The van der Waals surface area contributed by atoms with Crippen molar-refractivity contribution in [2.45, 2.75) is 20.4 Å². The lowest BCUT2D eigenvalue weighted by atomic mass is 10.2. The van der Waals surface area contributed by atoms with Crippen LogP contribution >= 0.6 is 11.3 Å². The highest BCUT2D eigenvalue weighted by Crippen LogP contribution is 2.17. The van der Waals surface area contributed by atoms with Crippen LogP contribution in [0, 0.1) is 5.92 Å². The molecule has 5 heteroatoms. The molecule has 0 bridgehead atoms. The van der Waals surface area contributed by atoms with Gasteiger partial charge in [-0.1, -0.05) is 25.2 Å². The van der Waals surface area contributed by atoms with Crippen molar-refractivity contribution in [2.75, 3.05) is 13.7 Å². The summed E-state index contributed by atoms with van der Waals surface area (Å²) in [7, 11) is 1.88. The second kappa shape index (κ2) is 5.14. The van der Waals surface area contributed by atoms with Crippen LogP contribution in [0.2, 0.25) is 0 Å². The Balaban J connectivity index is 2.39. The Morgan fingerprint density at radius 1 is 1.46 bits per heavy atom. The molecule has 1 heterocycles. The van der Waals surface area contributed by atoms with Crippen molar-refractivity contribution in [2.24, 2.45) is 5.92 Å². The Morgan fingerprint density at radius 2 is 2.23 bits per heavy atom. The highest BCUT2D eigenvalue weighted by Gasteiger charge is 2.04. The molecule has 0 radical (unpaired) electrons. The van der Waals surface area contributed by atoms with Crippen molar-refractivity contribution in [1.82, 2.24) is 15.5 Å². The van der Waals surface area contributed by atoms with Crippen molar-refractivity contribution in [1.29, 1.82) is 0 Å². The van der Waals surface area contributed by atoms with E-state index in [4.69, 9.17) is 4.74 Å². The van der Waals surface area contributed by atoms with Crippen LogP contribution in [0.25, 0.3) is 0 Å². The predicted octanol–water partition coefficient (Wildman–Crippen LogP) is 1.29. The minimum atomic E-state index is 0.525. The van der Waals surface area contributed by atoms with Gasteiger partial charge >= 0.3 is 0 Å². The van der Waals surface area contributed by atoms with E-state index < -0.39 is 0 Å². The first-order chi connectivity index (χ1) is 6.22. The molecular weight excluding hydrogens is 186 g/mol. The second-order valence-electron chi connectivity index (χ2n) is 3.20. The van der Waals surface area contributed by atoms with Crippen LogP contribution in [0.15, 0.2) is 0 Å². The molecule has 1 aromatic heterocycles. The van der Waals surface area contributed by atoms with Crippen LogP contribution in [0.1, 0.15) is 18.9 Å². The minimum Gasteiger partial charge on any atom is -0.469 e. The largest absolute Gasteiger partial charge is 0.469 e. The molecule has 1 aromatic rings. The van der Waals surface area contributed by atoms with Crippen molar-refractivity contribution < 1.29 is 4.74 Å². The van der Waals surface area contributed by atoms with Crippen LogP contribution < -0.4 is 10.1 Å². The summed E-state index contributed by atoms with van der Waals surface area (Å²) in [5.41, 5.74) is 0. The van der Waals surface area contributed by atoms with Gasteiger partial charge in [0.15, 0.2) is 0 Å². The van der Waals surface area contributed by atoms with Gasteiger partial charge in [0.2, 0.25) is 0 Å². The molecule has 0 aromatic carbocycles. The third-order valence-electron chi connectivity index (χ3n) is 1.32. The average molecular weight is 201 g/mol. The zero-order valence-corrected chi connectivity index (χ0v) is 9.02. The molecule has 13 heavy (non-hydrogen) atoms. The van der Waals surface area contributed by atoms with Gasteiger partial charge in [-0.2, -0.15) is 0 Å². The molecule has 0 aliphatic carbocycles. The van der Waals surface area contributed by atoms with Crippen molar-refractivity contribution in [3.05, 3.63) is 5.01 Å². The molecule has 0 fully saturated rings. The maximum absolute atomic E-state index is 5.41. The van der Waals surface area contributed by atoms with Gasteiger partial charge in [-0.05, 0) is 13.0 Å². The average Bonchev–Trinajstić information content (AvgIpc) is 2.50. The van der Waals surface area contributed by atoms with Crippen molar-refractivity contribution in [3.63, 3.8) is 0 Å². The highest BCUT2D eigenvalue weighted by molar-refractivity contribution is 7.13. The molecule has 0 saturated carbocycles. The lowest BCUT2D eigenvalue weighted by molar-refractivity contribution is 0.268. The van der Waals surface area contributed by atoms with E-state index >= 15 is 0 Å². The summed E-state index contributed by atoms with van der Waals surface area (Å²) >= 11 is 1.49. The molecule has 0 amide bonds. The van der Waals surface area contributed by atoms with Gasteiger partial charge in [0.1, 0.15) is 5.01 Å². The molecule has 1 rings (SSSR count). The topological polar surface area (TPSA) is 47.0 Å². The highest BCUT2D eigenvalue weighted by atomic mass is 32.1. The van der Waals surface area contributed by atoms with Gasteiger partial charge in [-0.3, -0.25) is 0 Å². The molecule has 1 N–H and O–H groups in total. The number of hydrogen-bond acceptors (Lipinski definition) is 5. The second-order valence-corrected chi connectivity index (χ2v) is 4.22. The first-order valence-electron chi connectivity index (χ1n) is 4.32. The summed E-state index contributed by atoms with van der Waals surface area (Å²) in [6, 6.07) is 0. The Kier molecular flexibility index (Phi) is 4.11. The number of nitrogens with zero attached hydrogens (tertiary/aromatic N) is 2. The number of ether oxygens (including phenoxy) is 1. The summed E-state index contributed by atoms with van der Waals surface area (Å²) in [5.74, 6) is 0.525. The molecular formula is C8H15N3OS. The SMILES string of the molecule is CNCc1nnc(OCC(C)C)s1. The van der Waals surface area contributed by atoms with Crippen molar-refractivity contribution >= 4 is 11.3 Å². The first kappa shape index (κ1) is 10.4. The summed E-state index contributed by atoms with van der Waals surface area (Å²) in [4.78, 5) is 0. The van der Waals surface area contributed by atoms with Gasteiger partial charge in [-0.15, -0.1) is 10.2 Å². The Morgan fingerprint density at radius 3 is 2.85 bits per heavy atom. The molecule has 0 aliphatic heterocycles. The fourth-order valence-electron chi connectivity index (χ4n) is 0.757. The molecule has 0 saturated heterocycles. The first-order valence-corrected chi connectivity index (χ1v) is 5.13. The van der Waals surface area contributed by atoms with Crippen molar-refractivity contribution in [3.8, 4) is 5.19 Å². The van der Waals surface area contributed by atoms with Crippen LogP contribution in [0.3, 0.4) is 0 Å². The zero-order valence-electron chi connectivity index (χ0n) is 8.20. The number of aromatic nitrogens is 2. The lowest BCUT2D eigenvalue weighted by Crippen LogP contribution is -2.04. The van der Waals surface area contributed by atoms with Gasteiger partial charge in [0.05, 0.1) is 6.61 Å². The molecule has 74 valence electrons. The summed E-state index contributed by atoms with van der Waals surface area (Å²) in [6.45, 7) is 5.67. The normalized spacial score (nSPS) is 10.8. The van der Waals surface area contributed by atoms with Gasteiger partial charge < -0.3 is 10.1 Å².